The van der Waals surface area contributed by atoms with E-state index in [1.807, 2.05) is 23.1 Å². The molecule has 0 aliphatic carbocycles. The first-order chi connectivity index (χ1) is 15.2. The number of carbonyl (C=O) groups is 1. The second kappa shape index (κ2) is 8.59. The highest BCUT2D eigenvalue weighted by Gasteiger charge is 2.23. The number of hydrogen-bond donors (Lipinski definition) is 0. The standard InChI is InChI=1S/C24H25N3O3S/c1-17-2-6-19(7-3-17)20-15-31-24(25-20)27-12-10-26(11-13-27)23(28)9-5-18-4-8-21-22(14-18)30-16-29-21/h2-4,6-8,14-15H,5,9-13,16H2,1H3. The van der Waals surface area contributed by atoms with E-state index in [-0.39, 0.29) is 12.7 Å². The van der Waals surface area contributed by atoms with Crippen LogP contribution in [0.15, 0.2) is 47.8 Å². The molecule has 0 saturated carbocycles. The zero-order valence-corrected chi connectivity index (χ0v) is 18.4. The summed E-state index contributed by atoms with van der Waals surface area (Å²) >= 11 is 1.67. The number of nitrogens with zero attached hydrogens (tertiary/aromatic N) is 3. The number of benzene rings is 2. The highest BCUT2D eigenvalue weighted by molar-refractivity contribution is 7.14. The SMILES string of the molecule is Cc1ccc(-c2csc(N3CCN(C(=O)CCc4ccc5c(c4)OCO5)CC3)n2)cc1. The molecule has 0 spiro atoms. The molecule has 0 atom stereocenters. The second-order valence-electron chi connectivity index (χ2n) is 7.94. The van der Waals surface area contributed by atoms with Crippen LogP contribution in [0.2, 0.25) is 0 Å². The van der Waals surface area contributed by atoms with Crippen LogP contribution in [-0.2, 0) is 11.2 Å². The van der Waals surface area contributed by atoms with Gasteiger partial charge < -0.3 is 19.3 Å². The van der Waals surface area contributed by atoms with Crippen LogP contribution >= 0.6 is 11.3 Å². The second-order valence-corrected chi connectivity index (χ2v) is 8.77. The van der Waals surface area contributed by atoms with Gasteiger partial charge in [0, 0.05) is 43.5 Å². The summed E-state index contributed by atoms with van der Waals surface area (Å²) in [4.78, 5) is 21.8. The lowest BCUT2D eigenvalue weighted by Gasteiger charge is -2.34. The molecule has 3 heterocycles. The van der Waals surface area contributed by atoms with Crippen LogP contribution < -0.4 is 14.4 Å². The van der Waals surface area contributed by atoms with Gasteiger partial charge in [0.2, 0.25) is 12.7 Å². The van der Waals surface area contributed by atoms with Crippen LogP contribution in [0.25, 0.3) is 11.3 Å². The largest absolute Gasteiger partial charge is 0.454 e. The molecule has 6 nitrogen and oxygen atoms in total. The first kappa shape index (κ1) is 19.9. The summed E-state index contributed by atoms with van der Waals surface area (Å²) in [6.45, 7) is 5.46. The van der Waals surface area contributed by atoms with Crippen LogP contribution in [0.1, 0.15) is 17.5 Å². The van der Waals surface area contributed by atoms with E-state index in [1.165, 1.54) is 5.56 Å². The Labute approximate surface area is 186 Å². The summed E-state index contributed by atoms with van der Waals surface area (Å²) < 4.78 is 10.8. The third kappa shape index (κ3) is 4.37. The van der Waals surface area contributed by atoms with Crippen molar-refractivity contribution in [1.29, 1.82) is 0 Å². The molecule has 0 unspecified atom stereocenters. The average molecular weight is 436 g/mol. The lowest BCUT2D eigenvalue weighted by atomic mass is 10.1. The van der Waals surface area contributed by atoms with Crippen LogP contribution in [-0.4, -0.2) is 48.8 Å². The summed E-state index contributed by atoms with van der Waals surface area (Å²) in [7, 11) is 0. The zero-order chi connectivity index (χ0) is 21.2. The van der Waals surface area contributed by atoms with Crippen molar-refractivity contribution in [2.45, 2.75) is 19.8 Å². The lowest BCUT2D eigenvalue weighted by Crippen LogP contribution is -2.48. The molecule has 160 valence electrons. The van der Waals surface area contributed by atoms with Crippen molar-refractivity contribution >= 4 is 22.4 Å². The maximum atomic E-state index is 12.7. The summed E-state index contributed by atoms with van der Waals surface area (Å²) in [6.07, 6.45) is 1.22. The molecule has 2 aliphatic heterocycles. The number of ether oxygens (including phenoxy) is 2. The summed E-state index contributed by atoms with van der Waals surface area (Å²) in [6, 6.07) is 14.4. The maximum absolute atomic E-state index is 12.7. The smallest absolute Gasteiger partial charge is 0.231 e. The van der Waals surface area contributed by atoms with Crippen molar-refractivity contribution in [2.75, 3.05) is 37.9 Å². The number of piperazine rings is 1. The zero-order valence-electron chi connectivity index (χ0n) is 17.5. The van der Waals surface area contributed by atoms with Crippen LogP contribution in [0.3, 0.4) is 0 Å². The van der Waals surface area contributed by atoms with Gasteiger partial charge in [0.25, 0.3) is 0 Å². The first-order valence-corrected chi connectivity index (χ1v) is 11.5. The van der Waals surface area contributed by atoms with Gasteiger partial charge in [0.15, 0.2) is 16.6 Å². The fourth-order valence-corrected chi connectivity index (χ4v) is 4.81. The van der Waals surface area contributed by atoms with Gasteiger partial charge in [-0.25, -0.2) is 4.98 Å². The van der Waals surface area contributed by atoms with Crippen molar-refractivity contribution in [3.63, 3.8) is 0 Å². The van der Waals surface area contributed by atoms with Crippen molar-refractivity contribution in [3.8, 4) is 22.8 Å². The van der Waals surface area contributed by atoms with Gasteiger partial charge in [-0.1, -0.05) is 35.9 Å². The minimum Gasteiger partial charge on any atom is -0.454 e. The van der Waals surface area contributed by atoms with Gasteiger partial charge in [0.1, 0.15) is 0 Å². The molecule has 1 aromatic heterocycles. The minimum atomic E-state index is 0.205. The summed E-state index contributed by atoms with van der Waals surface area (Å²) in [5.74, 6) is 1.75. The Morgan fingerprint density at radius 1 is 1.03 bits per heavy atom. The van der Waals surface area contributed by atoms with E-state index >= 15 is 0 Å². The number of rotatable bonds is 5. The molecule has 2 aromatic carbocycles. The van der Waals surface area contributed by atoms with Gasteiger partial charge in [-0.05, 0) is 31.0 Å². The third-order valence-electron chi connectivity index (χ3n) is 5.81. The molecule has 0 radical (unpaired) electrons. The molecule has 3 aromatic rings. The molecular weight excluding hydrogens is 410 g/mol. The van der Waals surface area contributed by atoms with Gasteiger partial charge in [-0.15, -0.1) is 11.3 Å². The summed E-state index contributed by atoms with van der Waals surface area (Å²) in [5.41, 5.74) is 4.51. The van der Waals surface area contributed by atoms with Crippen LogP contribution in [0, 0.1) is 6.92 Å². The lowest BCUT2D eigenvalue weighted by molar-refractivity contribution is -0.131. The Morgan fingerprint density at radius 2 is 1.81 bits per heavy atom. The topological polar surface area (TPSA) is 54.9 Å². The molecule has 1 saturated heterocycles. The predicted molar refractivity (Wildman–Crippen MR) is 122 cm³/mol. The van der Waals surface area contributed by atoms with E-state index in [1.54, 1.807) is 11.3 Å². The van der Waals surface area contributed by atoms with Crippen molar-refractivity contribution < 1.29 is 14.3 Å². The highest BCUT2D eigenvalue weighted by atomic mass is 32.1. The molecule has 1 fully saturated rings. The van der Waals surface area contributed by atoms with E-state index in [4.69, 9.17) is 14.5 Å². The van der Waals surface area contributed by atoms with Crippen molar-refractivity contribution in [2.24, 2.45) is 0 Å². The molecule has 7 heteroatoms. The third-order valence-corrected chi connectivity index (χ3v) is 6.71. The molecule has 31 heavy (non-hydrogen) atoms. The van der Waals surface area contributed by atoms with E-state index in [9.17, 15) is 4.79 Å². The fourth-order valence-electron chi connectivity index (χ4n) is 3.92. The van der Waals surface area contributed by atoms with Crippen molar-refractivity contribution in [1.82, 2.24) is 9.88 Å². The predicted octanol–water partition coefficient (Wildman–Crippen LogP) is 4.13. The van der Waals surface area contributed by atoms with Crippen molar-refractivity contribution in [3.05, 3.63) is 59.0 Å². The van der Waals surface area contributed by atoms with Crippen LogP contribution in [0.4, 0.5) is 5.13 Å². The number of carbonyl (C=O) groups excluding carboxylic acids is 1. The quantitative estimate of drug-likeness (QED) is 0.603. The van der Waals surface area contributed by atoms with Gasteiger partial charge in [-0.2, -0.15) is 0 Å². The Bertz CT molecular complexity index is 1070. The minimum absolute atomic E-state index is 0.205. The van der Waals surface area contributed by atoms with E-state index < -0.39 is 0 Å². The van der Waals surface area contributed by atoms with E-state index in [2.05, 4.69) is 41.5 Å². The Balaban J connectivity index is 1.13. The number of anilines is 1. The normalized spacial score (nSPS) is 15.4. The summed E-state index contributed by atoms with van der Waals surface area (Å²) in [5, 5.41) is 3.14. The Morgan fingerprint density at radius 3 is 2.61 bits per heavy atom. The number of amides is 1. The number of aryl methyl sites for hydroxylation is 2. The van der Waals surface area contributed by atoms with Crippen LogP contribution in [0.5, 0.6) is 11.5 Å². The Hall–Kier alpha value is -3.06. The van der Waals surface area contributed by atoms with Gasteiger partial charge in [-0.3, -0.25) is 4.79 Å². The number of aromatic nitrogens is 1. The fraction of sp³-hybridized carbons (Fsp3) is 0.333. The van der Waals surface area contributed by atoms with Gasteiger partial charge in [0.05, 0.1) is 5.69 Å². The van der Waals surface area contributed by atoms with E-state index in [0.29, 0.717) is 12.8 Å². The molecule has 2 aliphatic rings. The molecule has 5 rings (SSSR count). The first-order valence-electron chi connectivity index (χ1n) is 10.6. The molecular formula is C24H25N3O3S. The highest BCUT2D eigenvalue weighted by Crippen LogP contribution is 2.33. The molecule has 0 bridgehead atoms. The van der Waals surface area contributed by atoms with Gasteiger partial charge >= 0.3 is 0 Å². The maximum Gasteiger partial charge on any atom is 0.231 e. The molecule has 0 N–H and O–H groups in total. The average Bonchev–Trinajstić information content (AvgIpc) is 3.47. The number of hydrogen-bond acceptors (Lipinski definition) is 6. The number of thiazole rings is 1. The number of fused-ring (bicyclic) bond motifs is 1. The molecule has 1 amide bonds. The van der Waals surface area contributed by atoms with E-state index in [0.717, 1.165) is 59.6 Å². The Kier molecular flexibility index (Phi) is 5.51. The monoisotopic (exact) mass is 435 g/mol.